The van der Waals surface area contributed by atoms with Gasteiger partial charge in [0.05, 0.1) is 6.61 Å². The van der Waals surface area contributed by atoms with E-state index < -0.39 is 0 Å². The lowest BCUT2D eigenvalue weighted by atomic mass is 9.86. The third kappa shape index (κ3) is 6.45. The van der Waals surface area contributed by atoms with Gasteiger partial charge in [-0.3, -0.25) is 4.79 Å². The Balaban J connectivity index is 4.35. The molecule has 0 heterocycles. The number of ketones is 1. The maximum Gasteiger partial charge on any atom is 0.162 e. The molecule has 0 spiro atoms. The van der Waals surface area contributed by atoms with Crippen LogP contribution in [0.3, 0.4) is 0 Å². The monoisotopic (exact) mass is 212 g/mol. The van der Waals surface area contributed by atoms with E-state index in [4.69, 9.17) is 4.74 Å². The number of ether oxygens (including phenoxy) is 1. The van der Waals surface area contributed by atoms with Crippen molar-refractivity contribution in [2.24, 2.45) is 11.3 Å². The lowest BCUT2D eigenvalue weighted by molar-refractivity contribution is -0.134. The molecule has 1 atom stereocenters. The summed E-state index contributed by atoms with van der Waals surface area (Å²) in [4.78, 5) is 11.9. The Morgan fingerprint density at radius 3 is 2.27 bits per heavy atom. The van der Waals surface area contributed by atoms with Gasteiger partial charge in [-0.25, -0.2) is 0 Å². The van der Waals surface area contributed by atoms with Gasteiger partial charge in [0, 0.05) is 6.42 Å². The molecule has 2 heteroatoms. The SMILES string of the molecule is C=CCOC(C(=O)CC(C)(C)C)C(C)C. The molecule has 0 amide bonds. The van der Waals surface area contributed by atoms with Crippen molar-refractivity contribution in [1.29, 1.82) is 0 Å². The van der Waals surface area contributed by atoms with E-state index in [9.17, 15) is 4.79 Å². The van der Waals surface area contributed by atoms with Gasteiger partial charge in [-0.2, -0.15) is 0 Å². The van der Waals surface area contributed by atoms with E-state index in [0.29, 0.717) is 13.0 Å². The van der Waals surface area contributed by atoms with Gasteiger partial charge in [-0.05, 0) is 11.3 Å². The molecule has 0 aromatic rings. The number of carbonyl (C=O) groups excluding carboxylic acids is 1. The maximum atomic E-state index is 11.9. The minimum absolute atomic E-state index is 0.0295. The molecular formula is C13H24O2. The number of rotatable bonds is 6. The van der Waals surface area contributed by atoms with E-state index in [1.54, 1.807) is 6.08 Å². The summed E-state index contributed by atoms with van der Waals surface area (Å²) in [5, 5.41) is 0. The quantitative estimate of drug-likeness (QED) is 0.632. The predicted molar refractivity (Wildman–Crippen MR) is 63.9 cm³/mol. The number of carbonyl (C=O) groups is 1. The summed E-state index contributed by atoms with van der Waals surface area (Å²) in [6.07, 6.45) is 1.95. The van der Waals surface area contributed by atoms with Crippen molar-refractivity contribution < 1.29 is 9.53 Å². The van der Waals surface area contributed by atoms with Gasteiger partial charge in [-0.15, -0.1) is 6.58 Å². The highest BCUT2D eigenvalue weighted by molar-refractivity contribution is 5.83. The second-order valence-electron chi connectivity index (χ2n) is 5.49. The summed E-state index contributed by atoms with van der Waals surface area (Å²) in [7, 11) is 0. The Hall–Kier alpha value is -0.630. The molecule has 1 unspecified atom stereocenters. The van der Waals surface area contributed by atoms with Gasteiger partial charge >= 0.3 is 0 Å². The van der Waals surface area contributed by atoms with Gasteiger partial charge in [0.2, 0.25) is 0 Å². The molecule has 0 bridgehead atoms. The molecule has 88 valence electrons. The van der Waals surface area contributed by atoms with Crippen LogP contribution in [-0.2, 0) is 9.53 Å². The van der Waals surface area contributed by atoms with Crippen LogP contribution in [0, 0.1) is 11.3 Å². The zero-order valence-corrected chi connectivity index (χ0v) is 10.7. The Bertz CT molecular complexity index is 211. The molecule has 0 aromatic carbocycles. The fraction of sp³-hybridized carbons (Fsp3) is 0.769. The molecule has 15 heavy (non-hydrogen) atoms. The van der Waals surface area contributed by atoms with Crippen molar-refractivity contribution in [2.45, 2.75) is 47.1 Å². The second-order valence-corrected chi connectivity index (χ2v) is 5.49. The molecule has 0 saturated carbocycles. The predicted octanol–water partition coefficient (Wildman–Crippen LogP) is 3.22. The molecule has 0 saturated heterocycles. The Morgan fingerprint density at radius 2 is 1.93 bits per heavy atom. The van der Waals surface area contributed by atoms with E-state index in [1.165, 1.54) is 0 Å². The van der Waals surface area contributed by atoms with Crippen LogP contribution >= 0.6 is 0 Å². The summed E-state index contributed by atoms with van der Waals surface area (Å²) < 4.78 is 5.49. The highest BCUT2D eigenvalue weighted by Gasteiger charge is 2.26. The van der Waals surface area contributed by atoms with Crippen LogP contribution < -0.4 is 0 Å². The van der Waals surface area contributed by atoms with Gasteiger partial charge in [0.1, 0.15) is 6.10 Å². The first kappa shape index (κ1) is 14.4. The van der Waals surface area contributed by atoms with Crippen LogP contribution in [0.1, 0.15) is 41.0 Å². The smallest absolute Gasteiger partial charge is 0.162 e. The molecular weight excluding hydrogens is 188 g/mol. The first-order valence-electron chi connectivity index (χ1n) is 5.53. The molecule has 0 aliphatic rings. The average Bonchev–Trinajstić information content (AvgIpc) is 2.00. The van der Waals surface area contributed by atoms with E-state index in [0.717, 1.165) is 0 Å². The fourth-order valence-corrected chi connectivity index (χ4v) is 1.45. The zero-order chi connectivity index (χ0) is 12.1. The van der Waals surface area contributed by atoms with Crippen LogP contribution in [-0.4, -0.2) is 18.5 Å². The minimum atomic E-state index is -0.290. The van der Waals surface area contributed by atoms with Crippen molar-refractivity contribution in [3.63, 3.8) is 0 Å². The minimum Gasteiger partial charge on any atom is -0.366 e. The van der Waals surface area contributed by atoms with E-state index in [1.807, 2.05) is 13.8 Å². The molecule has 0 fully saturated rings. The maximum absolute atomic E-state index is 11.9. The van der Waals surface area contributed by atoms with Crippen molar-refractivity contribution in [3.05, 3.63) is 12.7 Å². The molecule has 0 aliphatic carbocycles. The summed E-state index contributed by atoms with van der Waals surface area (Å²) in [6, 6.07) is 0. The van der Waals surface area contributed by atoms with Crippen LogP contribution in [0.25, 0.3) is 0 Å². The standard InChI is InChI=1S/C13H24O2/c1-7-8-15-12(10(2)3)11(14)9-13(4,5)6/h7,10,12H,1,8-9H2,2-6H3. The molecule has 0 aliphatic heterocycles. The van der Waals surface area contributed by atoms with Crippen LogP contribution in [0.15, 0.2) is 12.7 Å². The number of hydrogen-bond acceptors (Lipinski definition) is 2. The Labute approximate surface area is 93.7 Å². The van der Waals surface area contributed by atoms with Crippen LogP contribution in [0.4, 0.5) is 0 Å². The molecule has 0 N–H and O–H groups in total. The Kier molecular flexibility index (Phi) is 5.81. The van der Waals surface area contributed by atoms with E-state index in [2.05, 4.69) is 27.4 Å². The summed E-state index contributed by atoms with van der Waals surface area (Å²) in [6.45, 7) is 14.2. The van der Waals surface area contributed by atoms with Gasteiger partial charge in [0.25, 0.3) is 0 Å². The van der Waals surface area contributed by atoms with Gasteiger partial charge in [-0.1, -0.05) is 40.7 Å². The highest BCUT2D eigenvalue weighted by atomic mass is 16.5. The third-order valence-electron chi connectivity index (χ3n) is 2.02. The van der Waals surface area contributed by atoms with Crippen molar-refractivity contribution >= 4 is 5.78 Å². The van der Waals surface area contributed by atoms with Crippen molar-refractivity contribution in [1.82, 2.24) is 0 Å². The summed E-state index contributed by atoms with van der Waals surface area (Å²) in [5.74, 6) is 0.416. The third-order valence-corrected chi connectivity index (χ3v) is 2.02. The van der Waals surface area contributed by atoms with Crippen LogP contribution in [0.2, 0.25) is 0 Å². The molecule has 2 nitrogen and oxygen atoms in total. The fourth-order valence-electron chi connectivity index (χ4n) is 1.45. The first-order valence-corrected chi connectivity index (χ1v) is 5.53. The molecule has 0 radical (unpaired) electrons. The van der Waals surface area contributed by atoms with Crippen LogP contribution in [0.5, 0.6) is 0 Å². The highest BCUT2D eigenvalue weighted by Crippen LogP contribution is 2.22. The lowest BCUT2D eigenvalue weighted by Gasteiger charge is -2.24. The van der Waals surface area contributed by atoms with Crippen molar-refractivity contribution in [3.8, 4) is 0 Å². The summed E-state index contributed by atoms with van der Waals surface area (Å²) in [5.41, 5.74) is 0.0295. The van der Waals surface area contributed by atoms with Crippen molar-refractivity contribution in [2.75, 3.05) is 6.61 Å². The number of hydrogen-bond donors (Lipinski definition) is 0. The average molecular weight is 212 g/mol. The summed E-state index contributed by atoms with van der Waals surface area (Å²) >= 11 is 0. The van der Waals surface area contributed by atoms with Gasteiger partial charge < -0.3 is 4.74 Å². The molecule has 0 aromatic heterocycles. The van der Waals surface area contributed by atoms with E-state index >= 15 is 0 Å². The first-order chi connectivity index (χ1) is 6.78. The molecule has 0 rings (SSSR count). The normalized spacial score (nSPS) is 14.0. The number of Topliss-reactive ketones (excluding diaryl/α,β-unsaturated/α-hetero) is 1. The lowest BCUT2D eigenvalue weighted by Crippen LogP contribution is -2.32. The largest absolute Gasteiger partial charge is 0.366 e. The second kappa shape index (κ2) is 6.06. The Morgan fingerprint density at radius 1 is 1.40 bits per heavy atom. The topological polar surface area (TPSA) is 26.3 Å². The van der Waals surface area contributed by atoms with E-state index in [-0.39, 0.29) is 23.2 Å². The van der Waals surface area contributed by atoms with Gasteiger partial charge in [0.15, 0.2) is 5.78 Å². The zero-order valence-electron chi connectivity index (χ0n) is 10.7.